The zero-order chi connectivity index (χ0) is 18.5. The third-order valence-corrected chi connectivity index (χ3v) is 4.31. The number of esters is 1. The molecule has 5 nitrogen and oxygen atoms in total. The fourth-order valence-corrected chi connectivity index (χ4v) is 3.04. The summed E-state index contributed by atoms with van der Waals surface area (Å²) in [5.41, 5.74) is 3.70. The van der Waals surface area contributed by atoms with Crippen LogP contribution in [0.4, 0.5) is 5.82 Å². The molecule has 0 aliphatic carbocycles. The minimum Gasteiger partial charge on any atom is -0.465 e. The molecule has 0 bridgehead atoms. The SMILES string of the molecule is CCOC(=O)CNc1c(/C(C)=C/c2ccccc2)nc2ccc(Br)cn12. The second kappa shape index (κ2) is 8.19. The second-order valence-corrected chi connectivity index (χ2v) is 6.70. The van der Waals surface area contributed by atoms with Gasteiger partial charge in [0.15, 0.2) is 0 Å². The van der Waals surface area contributed by atoms with Crippen LogP contribution < -0.4 is 5.32 Å². The number of fused-ring (bicyclic) bond motifs is 1. The number of pyridine rings is 1. The van der Waals surface area contributed by atoms with Crippen molar-refractivity contribution < 1.29 is 9.53 Å². The minimum atomic E-state index is -0.298. The average Bonchev–Trinajstić information content (AvgIpc) is 2.99. The van der Waals surface area contributed by atoms with Gasteiger partial charge in [-0.25, -0.2) is 4.98 Å². The Morgan fingerprint density at radius 1 is 1.27 bits per heavy atom. The number of nitrogens with one attached hydrogen (secondary N) is 1. The Morgan fingerprint density at radius 3 is 2.77 bits per heavy atom. The van der Waals surface area contributed by atoms with Gasteiger partial charge in [0.2, 0.25) is 0 Å². The Hall–Kier alpha value is -2.60. The van der Waals surface area contributed by atoms with Crippen LogP contribution in [0.5, 0.6) is 0 Å². The molecule has 1 aromatic carbocycles. The number of imidazole rings is 1. The first kappa shape index (κ1) is 18.2. The molecule has 3 aromatic rings. The fraction of sp³-hybridized carbons (Fsp3) is 0.200. The first-order chi connectivity index (χ1) is 12.6. The van der Waals surface area contributed by atoms with E-state index in [4.69, 9.17) is 9.72 Å². The molecular weight excluding hydrogens is 394 g/mol. The number of allylic oxidation sites excluding steroid dienone is 1. The van der Waals surface area contributed by atoms with Crippen molar-refractivity contribution in [2.45, 2.75) is 13.8 Å². The van der Waals surface area contributed by atoms with Crippen LogP contribution in [-0.2, 0) is 9.53 Å². The Morgan fingerprint density at radius 2 is 2.04 bits per heavy atom. The highest BCUT2D eigenvalue weighted by molar-refractivity contribution is 9.10. The van der Waals surface area contributed by atoms with Gasteiger partial charge in [-0.15, -0.1) is 0 Å². The van der Waals surface area contributed by atoms with E-state index in [2.05, 4.69) is 27.3 Å². The Bertz CT molecular complexity index is 948. The van der Waals surface area contributed by atoms with E-state index in [0.29, 0.717) is 6.61 Å². The molecule has 3 rings (SSSR count). The second-order valence-electron chi connectivity index (χ2n) is 5.78. The Labute approximate surface area is 160 Å². The number of rotatable bonds is 6. The van der Waals surface area contributed by atoms with Crippen LogP contribution >= 0.6 is 15.9 Å². The van der Waals surface area contributed by atoms with Gasteiger partial charge in [0.1, 0.15) is 23.7 Å². The Balaban J connectivity index is 2.01. The van der Waals surface area contributed by atoms with Crippen LogP contribution in [0.15, 0.2) is 53.1 Å². The van der Waals surface area contributed by atoms with Crippen LogP contribution in [0, 0.1) is 0 Å². The molecule has 0 radical (unpaired) electrons. The average molecular weight is 414 g/mol. The summed E-state index contributed by atoms with van der Waals surface area (Å²) in [6.45, 7) is 4.25. The lowest BCUT2D eigenvalue weighted by atomic mass is 10.1. The summed E-state index contributed by atoms with van der Waals surface area (Å²) in [6, 6.07) is 13.9. The largest absolute Gasteiger partial charge is 0.465 e. The molecule has 0 amide bonds. The standard InChI is InChI=1S/C20H20BrN3O2/c1-3-26-18(25)12-22-20-19(14(2)11-15-7-5-4-6-8-15)23-17-10-9-16(21)13-24(17)20/h4-11,13,22H,3,12H2,1-2H3/b14-11+. The van der Waals surface area contributed by atoms with Crippen LogP contribution in [0.3, 0.4) is 0 Å². The predicted molar refractivity (Wildman–Crippen MR) is 108 cm³/mol. The van der Waals surface area contributed by atoms with Crippen molar-refractivity contribution in [2.75, 3.05) is 18.5 Å². The lowest BCUT2D eigenvalue weighted by Gasteiger charge is -2.09. The third kappa shape index (κ3) is 4.14. The number of anilines is 1. The molecule has 6 heteroatoms. The lowest BCUT2D eigenvalue weighted by Crippen LogP contribution is -2.18. The van der Waals surface area contributed by atoms with E-state index in [-0.39, 0.29) is 12.5 Å². The first-order valence-corrected chi connectivity index (χ1v) is 9.18. The number of aromatic nitrogens is 2. The van der Waals surface area contributed by atoms with Crippen LogP contribution in [0.2, 0.25) is 0 Å². The maximum absolute atomic E-state index is 11.8. The maximum Gasteiger partial charge on any atom is 0.325 e. The quantitative estimate of drug-likeness (QED) is 0.598. The zero-order valence-corrected chi connectivity index (χ0v) is 16.3. The van der Waals surface area contributed by atoms with Gasteiger partial charge < -0.3 is 10.1 Å². The van der Waals surface area contributed by atoms with Crippen molar-refractivity contribution in [2.24, 2.45) is 0 Å². The van der Waals surface area contributed by atoms with E-state index < -0.39 is 0 Å². The van der Waals surface area contributed by atoms with Gasteiger partial charge >= 0.3 is 5.97 Å². The monoisotopic (exact) mass is 413 g/mol. The molecule has 26 heavy (non-hydrogen) atoms. The number of halogens is 1. The predicted octanol–water partition coefficient (Wildman–Crippen LogP) is 4.63. The van der Waals surface area contributed by atoms with Crippen molar-refractivity contribution in [1.82, 2.24) is 9.38 Å². The number of carbonyl (C=O) groups excluding carboxylic acids is 1. The van der Waals surface area contributed by atoms with E-state index >= 15 is 0 Å². The number of nitrogens with zero attached hydrogens (tertiary/aromatic N) is 2. The maximum atomic E-state index is 11.8. The van der Waals surface area contributed by atoms with Crippen molar-refractivity contribution >= 4 is 45.0 Å². The summed E-state index contributed by atoms with van der Waals surface area (Å²) < 4.78 is 7.88. The highest BCUT2D eigenvalue weighted by atomic mass is 79.9. The third-order valence-electron chi connectivity index (χ3n) is 3.84. The van der Waals surface area contributed by atoms with Crippen LogP contribution in [0.1, 0.15) is 25.1 Å². The van der Waals surface area contributed by atoms with Gasteiger partial charge in [-0.3, -0.25) is 9.20 Å². The van der Waals surface area contributed by atoms with Crippen molar-refractivity contribution in [1.29, 1.82) is 0 Å². The molecule has 0 saturated carbocycles. The molecule has 2 heterocycles. The highest BCUT2D eigenvalue weighted by Gasteiger charge is 2.15. The minimum absolute atomic E-state index is 0.0831. The van der Waals surface area contributed by atoms with Crippen LogP contribution in [-0.4, -0.2) is 28.5 Å². The highest BCUT2D eigenvalue weighted by Crippen LogP contribution is 2.27. The molecule has 0 fully saturated rings. The normalized spacial score (nSPS) is 11.6. The zero-order valence-electron chi connectivity index (χ0n) is 14.7. The molecule has 0 spiro atoms. The molecular formula is C20H20BrN3O2. The van der Waals surface area contributed by atoms with E-state index in [1.54, 1.807) is 6.92 Å². The number of hydrogen-bond acceptors (Lipinski definition) is 4. The first-order valence-electron chi connectivity index (χ1n) is 8.39. The summed E-state index contributed by atoms with van der Waals surface area (Å²) >= 11 is 3.49. The summed E-state index contributed by atoms with van der Waals surface area (Å²) in [7, 11) is 0. The summed E-state index contributed by atoms with van der Waals surface area (Å²) in [6.07, 6.45) is 4.00. The number of hydrogen-bond donors (Lipinski definition) is 1. The van der Waals surface area contributed by atoms with E-state index in [9.17, 15) is 4.79 Å². The van der Waals surface area contributed by atoms with E-state index in [1.807, 2.05) is 60.0 Å². The van der Waals surface area contributed by atoms with Crippen molar-refractivity contribution in [3.63, 3.8) is 0 Å². The van der Waals surface area contributed by atoms with Crippen LogP contribution in [0.25, 0.3) is 17.3 Å². The van der Waals surface area contributed by atoms with Gasteiger partial charge in [0.25, 0.3) is 0 Å². The Kier molecular flexibility index (Phi) is 5.73. The van der Waals surface area contributed by atoms with Gasteiger partial charge in [-0.05, 0) is 59.1 Å². The molecule has 134 valence electrons. The van der Waals surface area contributed by atoms with Crippen molar-refractivity contribution in [3.8, 4) is 0 Å². The number of ether oxygens (including phenoxy) is 1. The number of benzene rings is 1. The fourth-order valence-electron chi connectivity index (χ4n) is 2.70. The number of carbonyl (C=O) groups is 1. The van der Waals surface area contributed by atoms with Gasteiger partial charge in [-0.2, -0.15) is 0 Å². The van der Waals surface area contributed by atoms with Gasteiger partial charge in [0, 0.05) is 10.7 Å². The molecule has 2 aromatic heterocycles. The van der Waals surface area contributed by atoms with E-state index in [0.717, 1.165) is 32.8 Å². The van der Waals surface area contributed by atoms with E-state index in [1.165, 1.54) is 0 Å². The van der Waals surface area contributed by atoms with Crippen molar-refractivity contribution in [3.05, 3.63) is 64.4 Å². The summed E-state index contributed by atoms with van der Waals surface area (Å²) in [5.74, 6) is 0.465. The summed E-state index contributed by atoms with van der Waals surface area (Å²) in [5, 5.41) is 3.18. The summed E-state index contributed by atoms with van der Waals surface area (Å²) in [4.78, 5) is 16.5. The molecule has 0 aliphatic heterocycles. The smallest absolute Gasteiger partial charge is 0.325 e. The lowest BCUT2D eigenvalue weighted by molar-refractivity contribution is -0.140. The topological polar surface area (TPSA) is 55.6 Å². The molecule has 0 atom stereocenters. The molecule has 1 N–H and O–H groups in total. The van der Waals surface area contributed by atoms with Gasteiger partial charge in [0.05, 0.1) is 6.61 Å². The molecule has 0 aliphatic rings. The molecule has 0 saturated heterocycles. The molecule has 0 unspecified atom stereocenters. The van der Waals surface area contributed by atoms with Gasteiger partial charge in [-0.1, -0.05) is 30.3 Å².